The highest BCUT2D eigenvalue weighted by atomic mass is 16.5. The SMILES string of the molecule is CC/C=C(\C)CC(Nc1ccc(OC)cc1)c1ccc(C)cc1. The fourth-order valence-corrected chi connectivity index (χ4v) is 2.69. The van der Waals surface area contributed by atoms with Crippen molar-refractivity contribution in [3.05, 3.63) is 71.3 Å². The summed E-state index contributed by atoms with van der Waals surface area (Å²) in [6.45, 7) is 6.51. The first-order valence-electron chi connectivity index (χ1n) is 8.25. The summed E-state index contributed by atoms with van der Waals surface area (Å²) in [6, 6.07) is 17.2. The van der Waals surface area contributed by atoms with Gasteiger partial charge in [-0.1, -0.05) is 48.4 Å². The standard InChI is InChI=1S/C21H27NO/c1-5-6-17(3)15-21(18-9-7-16(2)8-10-18)22-19-11-13-20(23-4)14-12-19/h6-14,21-22H,5,15H2,1-4H3/b17-6+. The largest absolute Gasteiger partial charge is 0.497 e. The third-order valence-electron chi connectivity index (χ3n) is 3.99. The maximum atomic E-state index is 5.23. The van der Waals surface area contributed by atoms with Crippen LogP contribution in [0.15, 0.2) is 60.2 Å². The Balaban J connectivity index is 2.21. The number of hydrogen-bond donors (Lipinski definition) is 1. The molecule has 0 bridgehead atoms. The minimum absolute atomic E-state index is 0.270. The Kier molecular flexibility index (Phi) is 6.28. The Hall–Kier alpha value is -2.22. The second kappa shape index (κ2) is 8.42. The van der Waals surface area contributed by atoms with Gasteiger partial charge in [0.05, 0.1) is 13.2 Å². The first kappa shape index (κ1) is 17.1. The predicted octanol–water partition coefficient (Wildman–Crippen LogP) is 5.90. The summed E-state index contributed by atoms with van der Waals surface area (Å²) >= 11 is 0. The number of benzene rings is 2. The quantitative estimate of drug-likeness (QED) is 0.643. The minimum atomic E-state index is 0.270. The van der Waals surface area contributed by atoms with E-state index < -0.39 is 0 Å². The molecule has 122 valence electrons. The zero-order valence-electron chi connectivity index (χ0n) is 14.6. The van der Waals surface area contributed by atoms with Gasteiger partial charge in [0, 0.05) is 5.69 Å². The van der Waals surface area contributed by atoms with E-state index in [0.29, 0.717) is 0 Å². The van der Waals surface area contributed by atoms with Gasteiger partial charge in [-0.2, -0.15) is 0 Å². The number of allylic oxidation sites excluding steroid dienone is 1. The van der Waals surface area contributed by atoms with Gasteiger partial charge in [0.15, 0.2) is 0 Å². The smallest absolute Gasteiger partial charge is 0.119 e. The van der Waals surface area contributed by atoms with Gasteiger partial charge in [-0.3, -0.25) is 0 Å². The van der Waals surface area contributed by atoms with Gasteiger partial charge < -0.3 is 10.1 Å². The van der Waals surface area contributed by atoms with Crippen molar-refractivity contribution >= 4 is 5.69 Å². The summed E-state index contributed by atoms with van der Waals surface area (Å²) in [4.78, 5) is 0. The Morgan fingerprint density at radius 1 is 1.09 bits per heavy atom. The number of hydrogen-bond acceptors (Lipinski definition) is 2. The molecule has 0 amide bonds. The van der Waals surface area contributed by atoms with Gasteiger partial charge in [0.1, 0.15) is 5.75 Å². The first-order valence-corrected chi connectivity index (χ1v) is 8.25. The zero-order valence-corrected chi connectivity index (χ0v) is 14.6. The van der Waals surface area contributed by atoms with Crippen molar-refractivity contribution in [2.45, 2.75) is 39.7 Å². The van der Waals surface area contributed by atoms with Crippen LogP contribution in [0.25, 0.3) is 0 Å². The maximum Gasteiger partial charge on any atom is 0.119 e. The van der Waals surface area contributed by atoms with Crippen molar-refractivity contribution in [1.29, 1.82) is 0 Å². The van der Waals surface area contributed by atoms with Crippen LogP contribution in [0.1, 0.15) is 43.9 Å². The van der Waals surface area contributed by atoms with Crippen molar-refractivity contribution in [3.8, 4) is 5.75 Å². The Morgan fingerprint density at radius 2 is 1.74 bits per heavy atom. The molecule has 0 aliphatic heterocycles. The third-order valence-corrected chi connectivity index (χ3v) is 3.99. The number of nitrogens with one attached hydrogen (secondary N) is 1. The average molecular weight is 309 g/mol. The summed E-state index contributed by atoms with van der Waals surface area (Å²) in [5, 5.41) is 3.66. The Bertz CT molecular complexity index is 626. The van der Waals surface area contributed by atoms with Crippen LogP contribution in [-0.2, 0) is 0 Å². The maximum absolute atomic E-state index is 5.23. The first-order chi connectivity index (χ1) is 11.1. The van der Waals surface area contributed by atoms with Gasteiger partial charge in [0.25, 0.3) is 0 Å². The lowest BCUT2D eigenvalue weighted by Crippen LogP contribution is -2.11. The number of rotatable bonds is 7. The van der Waals surface area contributed by atoms with Gasteiger partial charge >= 0.3 is 0 Å². The average Bonchev–Trinajstić information content (AvgIpc) is 2.56. The molecule has 0 heterocycles. The molecule has 2 heteroatoms. The summed E-state index contributed by atoms with van der Waals surface area (Å²) < 4.78 is 5.23. The molecule has 2 rings (SSSR count). The van der Waals surface area contributed by atoms with Crippen LogP contribution < -0.4 is 10.1 Å². The minimum Gasteiger partial charge on any atom is -0.497 e. The van der Waals surface area contributed by atoms with Gasteiger partial charge in [-0.15, -0.1) is 0 Å². The van der Waals surface area contributed by atoms with Crippen LogP contribution in [-0.4, -0.2) is 7.11 Å². The molecule has 1 N–H and O–H groups in total. The van der Waals surface area contributed by atoms with Crippen LogP contribution in [0.4, 0.5) is 5.69 Å². The molecule has 0 aliphatic carbocycles. The molecule has 2 aromatic rings. The highest BCUT2D eigenvalue weighted by Crippen LogP contribution is 2.27. The van der Waals surface area contributed by atoms with E-state index in [9.17, 15) is 0 Å². The molecular formula is C21H27NO. The van der Waals surface area contributed by atoms with Crippen molar-refractivity contribution in [1.82, 2.24) is 0 Å². The highest BCUT2D eigenvalue weighted by Gasteiger charge is 2.12. The fourth-order valence-electron chi connectivity index (χ4n) is 2.69. The molecule has 0 aromatic heterocycles. The number of methoxy groups -OCH3 is 1. The van der Waals surface area contributed by atoms with Crippen molar-refractivity contribution in [3.63, 3.8) is 0 Å². The van der Waals surface area contributed by atoms with Gasteiger partial charge in [-0.25, -0.2) is 0 Å². The number of aryl methyl sites for hydroxylation is 1. The molecule has 2 nitrogen and oxygen atoms in total. The third kappa shape index (κ3) is 5.17. The Morgan fingerprint density at radius 3 is 2.30 bits per heavy atom. The molecule has 0 radical (unpaired) electrons. The van der Waals surface area contributed by atoms with E-state index >= 15 is 0 Å². The molecule has 1 atom stereocenters. The molecular weight excluding hydrogens is 282 g/mol. The number of ether oxygens (including phenoxy) is 1. The molecule has 0 saturated carbocycles. The van der Waals surface area contributed by atoms with Crippen LogP contribution in [0.2, 0.25) is 0 Å². The van der Waals surface area contributed by atoms with E-state index in [1.807, 2.05) is 12.1 Å². The van der Waals surface area contributed by atoms with E-state index in [1.54, 1.807) is 7.11 Å². The topological polar surface area (TPSA) is 21.3 Å². The zero-order chi connectivity index (χ0) is 16.7. The molecule has 0 aliphatic rings. The molecule has 0 spiro atoms. The van der Waals surface area contributed by atoms with Crippen LogP contribution in [0.5, 0.6) is 5.75 Å². The highest BCUT2D eigenvalue weighted by molar-refractivity contribution is 5.48. The van der Waals surface area contributed by atoms with Crippen molar-refractivity contribution in [2.75, 3.05) is 12.4 Å². The molecule has 0 fully saturated rings. The van der Waals surface area contributed by atoms with E-state index in [1.165, 1.54) is 16.7 Å². The summed E-state index contributed by atoms with van der Waals surface area (Å²) in [5.41, 5.74) is 5.13. The summed E-state index contributed by atoms with van der Waals surface area (Å²) in [6.07, 6.45) is 4.38. The van der Waals surface area contributed by atoms with Crippen LogP contribution >= 0.6 is 0 Å². The molecule has 0 saturated heterocycles. The van der Waals surface area contributed by atoms with E-state index in [-0.39, 0.29) is 6.04 Å². The monoisotopic (exact) mass is 309 g/mol. The predicted molar refractivity (Wildman–Crippen MR) is 99.2 cm³/mol. The van der Waals surface area contributed by atoms with Crippen molar-refractivity contribution in [2.24, 2.45) is 0 Å². The lowest BCUT2D eigenvalue weighted by atomic mass is 9.98. The van der Waals surface area contributed by atoms with Crippen molar-refractivity contribution < 1.29 is 4.74 Å². The van der Waals surface area contributed by atoms with Gasteiger partial charge in [-0.05, 0) is 56.5 Å². The fraction of sp³-hybridized carbons (Fsp3) is 0.333. The van der Waals surface area contributed by atoms with E-state index in [2.05, 4.69) is 68.6 Å². The lowest BCUT2D eigenvalue weighted by molar-refractivity contribution is 0.415. The number of anilines is 1. The second-order valence-corrected chi connectivity index (χ2v) is 6.00. The van der Waals surface area contributed by atoms with Gasteiger partial charge in [0.2, 0.25) is 0 Å². The van der Waals surface area contributed by atoms with Crippen LogP contribution in [0.3, 0.4) is 0 Å². The second-order valence-electron chi connectivity index (χ2n) is 6.00. The normalized spacial score (nSPS) is 12.8. The molecule has 1 unspecified atom stereocenters. The molecule has 23 heavy (non-hydrogen) atoms. The Labute approximate surface area is 140 Å². The molecule has 2 aromatic carbocycles. The van der Waals surface area contributed by atoms with E-state index in [4.69, 9.17) is 4.74 Å². The lowest BCUT2D eigenvalue weighted by Gasteiger charge is -2.21. The summed E-state index contributed by atoms with van der Waals surface area (Å²) in [5.74, 6) is 0.879. The van der Waals surface area contributed by atoms with Crippen LogP contribution in [0, 0.1) is 6.92 Å². The summed E-state index contributed by atoms with van der Waals surface area (Å²) in [7, 11) is 1.69. The van der Waals surface area contributed by atoms with E-state index in [0.717, 1.165) is 24.3 Å².